The van der Waals surface area contributed by atoms with Crippen LogP contribution in [0.15, 0.2) is 42.5 Å². The molecule has 1 aliphatic rings. The highest BCUT2D eigenvalue weighted by Crippen LogP contribution is 2.17. The summed E-state index contributed by atoms with van der Waals surface area (Å²) in [5.41, 5.74) is 4.56. The second kappa shape index (κ2) is 6.07. The van der Waals surface area contributed by atoms with Crippen LogP contribution in [-0.2, 0) is 17.7 Å². The maximum Gasteiger partial charge on any atom is 0.491 e. The van der Waals surface area contributed by atoms with E-state index >= 15 is 0 Å². The highest BCUT2D eigenvalue weighted by atomic mass is 16.5. The number of hydrogen-bond donors (Lipinski definition) is 1. The lowest BCUT2D eigenvalue weighted by Crippen LogP contribution is -2.28. The normalized spacial score (nSPS) is 13.5. The van der Waals surface area contributed by atoms with E-state index in [0.29, 0.717) is 30.0 Å². The van der Waals surface area contributed by atoms with Crippen LogP contribution in [0.1, 0.15) is 46.8 Å². The van der Waals surface area contributed by atoms with Crippen LogP contribution in [0.3, 0.4) is 0 Å². The molecule has 1 aliphatic heterocycles. The number of benzene rings is 2. The van der Waals surface area contributed by atoms with Crippen molar-refractivity contribution in [3.8, 4) is 0 Å². The zero-order valence-electron chi connectivity index (χ0n) is 12.9. The van der Waals surface area contributed by atoms with Gasteiger partial charge in [-0.1, -0.05) is 56.3 Å². The Morgan fingerprint density at radius 1 is 1.23 bits per heavy atom. The number of carbonyl (C=O) groups is 1. The molecular formula is C18H19BO3. The molecule has 2 aromatic rings. The largest absolute Gasteiger partial charge is 0.491 e. The van der Waals surface area contributed by atoms with E-state index in [1.807, 2.05) is 24.3 Å². The molecule has 0 fully saturated rings. The third kappa shape index (κ3) is 2.98. The summed E-state index contributed by atoms with van der Waals surface area (Å²) in [5.74, 6) is 0.544. The number of hydrogen-bond acceptors (Lipinski definition) is 3. The average Bonchev–Trinajstić information content (AvgIpc) is 2.88. The summed E-state index contributed by atoms with van der Waals surface area (Å²) >= 11 is 0. The van der Waals surface area contributed by atoms with Gasteiger partial charge in [0.2, 0.25) is 0 Å². The molecule has 4 heteroatoms. The molecule has 0 saturated carbocycles. The van der Waals surface area contributed by atoms with Gasteiger partial charge >= 0.3 is 7.12 Å². The minimum absolute atomic E-state index is 0.0548. The van der Waals surface area contributed by atoms with E-state index in [1.54, 1.807) is 6.07 Å². The minimum Gasteiger partial charge on any atom is -0.423 e. The van der Waals surface area contributed by atoms with Crippen molar-refractivity contribution in [2.24, 2.45) is 0 Å². The van der Waals surface area contributed by atoms with E-state index in [0.717, 1.165) is 11.1 Å². The van der Waals surface area contributed by atoms with Gasteiger partial charge in [-0.15, -0.1) is 0 Å². The Morgan fingerprint density at radius 3 is 2.64 bits per heavy atom. The Hall–Kier alpha value is -1.91. The van der Waals surface area contributed by atoms with E-state index in [2.05, 4.69) is 26.0 Å². The minimum atomic E-state index is -0.909. The van der Waals surface area contributed by atoms with Gasteiger partial charge in [0.05, 0.1) is 6.61 Å². The van der Waals surface area contributed by atoms with Gasteiger partial charge in [0.25, 0.3) is 0 Å². The van der Waals surface area contributed by atoms with Crippen molar-refractivity contribution in [1.29, 1.82) is 0 Å². The zero-order valence-corrected chi connectivity index (χ0v) is 12.9. The third-order valence-corrected chi connectivity index (χ3v) is 4.14. The maximum absolute atomic E-state index is 12.4. The molecule has 0 unspecified atom stereocenters. The average molecular weight is 294 g/mol. The fourth-order valence-electron chi connectivity index (χ4n) is 2.70. The van der Waals surface area contributed by atoms with Crippen molar-refractivity contribution >= 4 is 18.4 Å². The Balaban J connectivity index is 1.76. The fourth-order valence-corrected chi connectivity index (χ4v) is 2.70. The summed E-state index contributed by atoms with van der Waals surface area (Å²) in [6, 6.07) is 13.6. The number of ketones is 1. The Kier molecular flexibility index (Phi) is 4.14. The number of fused-ring (bicyclic) bond motifs is 1. The molecule has 22 heavy (non-hydrogen) atoms. The van der Waals surface area contributed by atoms with Gasteiger partial charge in [0.15, 0.2) is 5.78 Å². The molecule has 3 rings (SSSR count). The first-order valence-electron chi connectivity index (χ1n) is 7.59. The van der Waals surface area contributed by atoms with Crippen LogP contribution in [0.5, 0.6) is 0 Å². The Labute approximate surface area is 131 Å². The van der Waals surface area contributed by atoms with Gasteiger partial charge in [-0.2, -0.15) is 0 Å². The van der Waals surface area contributed by atoms with Crippen molar-refractivity contribution in [1.82, 2.24) is 0 Å². The quantitative estimate of drug-likeness (QED) is 0.696. The van der Waals surface area contributed by atoms with Gasteiger partial charge < -0.3 is 9.68 Å². The highest BCUT2D eigenvalue weighted by Gasteiger charge is 2.27. The Bertz CT molecular complexity index is 692. The van der Waals surface area contributed by atoms with Gasteiger partial charge in [-0.25, -0.2) is 0 Å². The topological polar surface area (TPSA) is 46.5 Å². The lowest BCUT2D eigenvalue weighted by atomic mass is 9.78. The molecule has 0 amide bonds. The summed E-state index contributed by atoms with van der Waals surface area (Å²) in [4.78, 5) is 12.4. The lowest BCUT2D eigenvalue weighted by molar-refractivity contribution is 0.0993. The molecule has 0 atom stereocenters. The first kappa shape index (κ1) is 15.0. The molecule has 3 nitrogen and oxygen atoms in total. The van der Waals surface area contributed by atoms with Crippen molar-refractivity contribution in [2.75, 3.05) is 0 Å². The van der Waals surface area contributed by atoms with E-state index < -0.39 is 7.12 Å². The van der Waals surface area contributed by atoms with Gasteiger partial charge in [0, 0.05) is 12.0 Å². The predicted molar refractivity (Wildman–Crippen MR) is 87.4 cm³/mol. The summed E-state index contributed by atoms with van der Waals surface area (Å²) in [6.07, 6.45) is 0.369. The molecule has 0 bridgehead atoms. The molecule has 0 radical (unpaired) electrons. The van der Waals surface area contributed by atoms with E-state index in [4.69, 9.17) is 4.65 Å². The third-order valence-electron chi connectivity index (χ3n) is 4.14. The molecule has 1 N–H and O–H groups in total. The molecule has 1 heterocycles. The van der Waals surface area contributed by atoms with Crippen molar-refractivity contribution in [2.45, 2.75) is 32.8 Å². The van der Waals surface area contributed by atoms with Crippen LogP contribution in [0.25, 0.3) is 0 Å². The van der Waals surface area contributed by atoms with Crippen molar-refractivity contribution in [3.05, 3.63) is 64.7 Å². The first-order chi connectivity index (χ1) is 10.5. The fraction of sp³-hybridized carbons (Fsp3) is 0.278. The summed E-state index contributed by atoms with van der Waals surface area (Å²) in [7, 11) is -0.909. The van der Waals surface area contributed by atoms with Crippen LogP contribution < -0.4 is 5.46 Å². The highest BCUT2D eigenvalue weighted by molar-refractivity contribution is 6.61. The summed E-state index contributed by atoms with van der Waals surface area (Å²) < 4.78 is 5.16. The van der Waals surface area contributed by atoms with Gasteiger partial charge in [-0.3, -0.25) is 4.79 Å². The van der Waals surface area contributed by atoms with Gasteiger partial charge in [0.1, 0.15) is 0 Å². The summed E-state index contributed by atoms with van der Waals surface area (Å²) in [5, 5.41) is 9.73. The SMILES string of the molecule is CC(C)c1ccc(CC(=O)c2ccc3c(c2)B(O)OC3)cc1. The smallest absolute Gasteiger partial charge is 0.423 e. The number of rotatable bonds is 4. The summed E-state index contributed by atoms with van der Waals surface area (Å²) in [6.45, 7) is 4.71. The maximum atomic E-state index is 12.4. The van der Waals surface area contributed by atoms with Crippen LogP contribution >= 0.6 is 0 Å². The molecular weight excluding hydrogens is 275 g/mol. The van der Waals surface area contributed by atoms with Crippen LogP contribution in [0.2, 0.25) is 0 Å². The monoisotopic (exact) mass is 294 g/mol. The molecule has 112 valence electrons. The van der Waals surface area contributed by atoms with Crippen LogP contribution in [0, 0.1) is 0 Å². The molecule has 2 aromatic carbocycles. The van der Waals surface area contributed by atoms with E-state index in [9.17, 15) is 9.82 Å². The van der Waals surface area contributed by atoms with Crippen molar-refractivity contribution in [3.63, 3.8) is 0 Å². The first-order valence-corrected chi connectivity index (χ1v) is 7.59. The van der Waals surface area contributed by atoms with Crippen molar-refractivity contribution < 1.29 is 14.5 Å². The number of carbonyl (C=O) groups excluding carboxylic acids is 1. The second-order valence-electron chi connectivity index (χ2n) is 6.07. The molecule has 0 aromatic heterocycles. The standard InChI is InChI=1S/C18H19BO3/c1-12(2)14-5-3-13(4-6-14)9-18(20)15-7-8-16-11-22-19(21)17(16)10-15/h3-8,10,12,21H,9,11H2,1-2H3. The lowest BCUT2D eigenvalue weighted by Gasteiger charge is -2.07. The van der Waals surface area contributed by atoms with E-state index in [-0.39, 0.29) is 5.78 Å². The zero-order chi connectivity index (χ0) is 15.7. The number of Topliss-reactive ketones (excluding diaryl/α,β-unsaturated/α-hetero) is 1. The van der Waals surface area contributed by atoms with E-state index in [1.165, 1.54) is 5.56 Å². The molecule has 0 saturated heterocycles. The van der Waals surface area contributed by atoms with Gasteiger partial charge in [-0.05, 0) is 28.1 Å². The second-order valence-corrected chi connectivity index (χ2v) is 6.07. The van der Waals surface area contributed by atoms with Crippen LogP contribution in [-0.4, -0.2) is 17.9 Å². The molecule has 0 spiro atoms. The Morgan fingerprint density at radius 2 is 1.95 bits per heavy atom. The predicted octanol–water partition coefficient (Wildman–Crippen LogP) is 2.45. The molecule has 0 aliphatic carbocycles. The van der Waals surface area contributed by atoms with Crippen LogP contribution in [0.4, 0.5) is 0 Å².